The minimum Gasteiger partial charge on any atom is -0.466 e. The Balaban J connectivity index is 1.83. The van der Waals surface area contributed by atoms with Gasteiger partial charge in [-0.2, -0.15) is 0 Å². The summed E-state index contributed by atoms with van der Waals surface area (Å²) in [6, 6.07) is 12.8. The van der Waals surface area contributed by atoms with E-state index in [1.165, 1.54) is 18.4 Å². The van der Waals surface area contributed by atoms with E-state index in [0.717, 1.165) is 0 Å². The smallest absolute Gasteiger partial charge is 0.252 e. The number of hydrogen-bond acceptors (Lipinski definition) is 3. The summed E-state index contributed by atoms with van der Waals surface area (Å²) < 4.78 is 19.0. The Morgan fingerprint density at radius 2 is 1.91 bits per heavy atom. The van der Waals surface area contributed by atoms with Gasteiger partial charge in [-0.3, -0.25) is 4.79 Å². The molecule has 0 radical (unpaired) electrons. The maximum absolute atomic E-state index is 13.8. The van der Waals surface area contributed by atoms with Gasteiger partial charge >= 0.3 is 0 Å². The molecule has 1 heterocycles. The lowest BCUT2D eigenvalue weighted by Crippen LogP contribution is -2.38. The second kappa shape index (κ2) is 5.85. The molecule has 0 aliphatic heterocycles. The van der Waals surface area contributed by atoms with Crippen molar-refractivity contribution < 1.29 is 18.7 Å². The molecular formula is C18H16FNO3. The summed E-state index contributed by atoms with van der Waals surface area (Å²) in [4.78, 5) is 12.4. The fraction of sp³-hybridized carbons (Fsp3) is 0.167. The van der Waals surface area contributed by atoms with Crippen molar-refractivity contribution in [1.82, 2.24) is 5.32 Å². The van der Waals surface area contributed by atoms with Gasteiger partial charge < -0.3 is 14.8 Å². The van der Waals surface area contributed by atoms with Gasteiger partial charge in [-0.1, -0.05) is 24.3 Å². The number of benzene rings is 2. The normalized spacial score (nSPS) is 13.7. The third-order valence-corrected chi connectivity index (χ3v) is 3.76. The number of hydrogen-bond donors (Lipinski definition) is 2. The van der Waals surface area contributed by atoms with Gasteiger partial charge in [0, 0.05) is 10.9 Å². The number of amides is 1. The number of aliphatic hydroxyl groups is 1. The zero-order chi connectivity index (χ0) is 16.4. The van der Waals surface area contributed by atoms with Crippen LogP contribution in [0.25, 0.3) is 10.8 Å². The van der Waals surface area contributed by atoms with E-state index in [9.17, 15) is 14.3 Å². The van der Waals surface area contributed by atoms with Crippen molar-refractivity contribution >= 4 is 16.7 Å². The lowest BCUT2D eigenvalue weighted by atomic mass is 10.0. The molecule has 2 N–H and O–H groups in total. The predicted molar refractivity (Wildman–Crippen MR) is 84.5 cm³/mol. The molecule has 4 nitrogen and oxygen atoms in total. The Morgan fingerprint density at radius 1 is 1.17 bits per heavy atom. The Morgan fingerprint density at radius 3 is 2.61 bits per heavy atom. The molecule has 3 rings (SSSR count). The van der Waals surface area contributed by atoms with Gasteiger partial charge in [0.2, 0.25) is 0 Å². The summed E-state index contributed by atoms with van der Waals surface area (Å²) in [5.74, 6) is -0.394. The first-order valence-electron chi connectivity index (χ1n) is 7.21. The van der Waals surface area contributed by atoms with E-state index in [0.29, 0.717) is 22.1 Å². The van der Waals surface area contributed by atoms with Crippen LogP contribution in [-0.4, -0.2) is 17.6 Å². The van der Waals surface area contributed by atoms with Crippen molar-refractivity contribution in [1.29, 1.82) is 0 Å². The van der Waals surface area contributed by atoms with E-state index in [4.69, 9.17) is 4.42 Å². The Labute approximate surface area is 132 Å². The number of furan rings is 1. The predicted octanol–water partition coefficient (Wildman–Crippen LogP) is 3.21. The molecule has 1 amide bonds. The van der Waals surface area contributed by atoms with Crippen LogP contribution in [0.3, 0.4) is 0 Å². The molecule has 0 aliphatic rings. The van der Waals surface area contributed by atoms with Crippen molar-refractivity contribution in [2.75, 3.05) is 6.54 Å². The van der Waals surface area contributed by atoms with E-state index < -0.39 is 5.60 Å². The van der Waals surface area contributed by atoms with Gasteiger partial charge in [0.1, 0.15) is 17.2 Å². The van der Waals surface area contributed by atoms with Crippen molar-refractivity contribution in [2.24, 2.45) is 0 Å². The Bertz CT molecular complexity index is 841. The van der Waals surface area contributed by atoms with Gasteiger partial charge in [-0.05, 0) is 36.6 Å². The number of carbonyl (C=O) groups is 1. The molecule has 0 bridgehead atoms. The molecule has 0 fully saturated rings. The zero-order valence-corrected chi connectivity index (χ0v) is 12.5. The van der Waals surface area contributed by atoms with Crippen LogP contribution in [0, 0.1) is 5.82 Å². The molecule has 1 unspecified atom stereocenters. The fourth-order valence-electron chi connectivity index (χ4n) is 2.48. The van der Waals surface area contributed by atoms with Gasteiger partial charge in [-0.25, -0.2) is 4.39 Å². The standard InChI is InChI=1S/C18H16FNO3/c1-18(22,16-7-4-10-23-16)11-20-17(21)14-8-9-15(19)13-6-3-2-5-12(13)14/h2-10,22H,11H2,1H3,(H,20,21). The van der Waals surface area contributed by atoms with E-state index in [-0.39, 0.29) is 18.3 Å². The third kappa shape index (κ3) is 2.96. The summed E-state index contributed by atoms with van der Waals surface area (Å²) in [5, 5.41) is 13.9. The fourth-order valence-corrected chi connectivity index (χ4v) is 2.48. The summed E-state index contributed by atoms with van der Waals surface area (Å²) in [7, 11) is 0. The van der Waals surface area contributed by atoms with Gasteiger partial charge in [0.05, 0.1) is 12.8 Å². The first-order valence-corrected chi connectivity index (χ1v) is 7.21. The van der Waals surface area contributed by atoms with Crippen LogP contribution in [0.2, 0.25) is 0 Å². The number of rotatable bonds is 4. The molecular weight excluding hydrogens is 297 g/mol. The minimum absolute atomic E-state index is 0.0228. The number of halogens is 1. The Kier molecular flexibility index (Phi) is 3.88. The van der Waals surface area contributed by atoms with Crippen LogP contribution in [0.15, 0.2) is 59.2 Å². The van der Waals surface area contributed by atoms with E-state index in [1.807, 2.05) is 0 Å². The average Bonchev–Trinajstić information content (AvgIpc) is 3.09. The molecule has 118 valence electrons. The van der Waals surface area contributed by atoms with Gasteiger partial charge in [-0.15, -0.1) is 0 Å². The van der Waals surface area contributed by atoms with Crippen LogP contribution >= 0.6 is 0 Å². The molecule has 0 saturated heterocycles. The number of fused-ring (bicyclic) bond motifs is 1. The lowest BCUT2D eigenvalue weighted by molar-refractivity contribution is 0.0330. The highest BCUT2D eigenvalue weighted by Crippen LogP contribution is 2.23. The van der Waals surface area contributed by atoms with E-state index in [1.54, 1.807) is 43.3 Å². The third-order valence-electron chi connectivity index (χ3n) is 3.76. The van der Waals surface area contributed by atoms with Crippen molar-refractivity contribution in [3.05, 3.63) is 71.9 Å². The van der Waals surface area contributed by atoms with Crippen LogP contribution in [-0.2, 0) is 5.60 Å². The highest BCUT2D eigenvalue weighted by Gasteiger charge is 2.27. The summed E-state index contributed by atoms with van der Waals surface area (Å²) in [5.41, 5.74) is -0.966. The molecule has 0 aliphatic carbocycles. The Hall–Kier alpha value is -2.66. The molecule has 0 saturated carbocycles. The van der Waals surface area contributed by atoms with E-state index in [2.05, 4.69) is 5.32 Å². The monoisotopic (exact) mass is 313 g/mol. The second-order valence-electron chi connectivity index (χ2n) is 5.57. The molecule has 0 spiro atoms. The summed E-state index contributed by atoms with van der Waals surface area (Å²) in [6.45, 7) is 1.53. The highest BCUT2D eigenvalue weighted by molar-refractivity contribution is 6.07. The lowest BCUT2D eigenvalue weighted by Gasteiger charge is -2.21. The van der Waals surface area contributed by atoms with Crippen molar-refractivity contribution in [3.8, 4) is 0 Å². The van der Waals surface area contributed by atoms with Crippen LogP contribution in [0.4, 0.5) is 4.39 Å². The van der Waals surface area contributed by atoms with Crippen molar-refractivity contribution in [2.45, 2.75) is 12.5 Å². The molecule has 23 heavy (non-hydrogen) atoms. The highest BCUT2D eigenvalue weighted by atomic mass is 19.1. The maximum Gasteiger partial charge on any atom is 0.252 e. The second-order valence-corrected chi connectivity index (χ2v) is 5.57. The van der Waals surface area contributed by atoms with Crippen LogP contribution < -0.4 is 5.32 Å². The van der Waals surface area contributed by atoms with E-state index >= 15 is 0 Å². The molecule has 1 aromatic heterocycles. The SMILES string of the molecule is CC(O)(CNC(=O)c1ccc(F)c2ccccc12)c1ccco1. The van der Waals surface area contributed by atoms with Gasteiger partial charge in [0.25, 0.3) is 5.91 Å². The van der Waals surface area contributed by atoms with Crippen molar-refractivity contribution in [3.63, 3.8) is 0 Å². The maximum atomic E-state index is 13.8. The first kappa shape index (κ1) is 15.2. The topological polar surface area (TPSA) is 62.5 Å². The molecule has 1 atom stereocenters. The summed E-state index contributed by atoms with van der Waals surface area (Å²) >= 11 is 0. The van der Waals surface area contributed by atoms with Crippen LogP contribution in [0.1, 0.15) is 23.0 Å². The number of carbonyl (C=O) groups excluding carboxylic acids is 1. The molecule has 2 aromatic carbocycles. The number of nitrogens with one attached hydrogen (secondary N) is 1. The summed E-state index contributed by atoms with van der Waals surface area (Å²) in [6.07, 6.45) is 1.46. The first-order chi connectivity index (χ1) is 11.0. The largest absolute Gasteiger partial charge is 0.466 e. The molecule has 3 aromatic rings. The quantitative estimate of drug-likeness (QED) is 0.777. The van der Waals surface area contributed by atoms with Gasteiger partial charge in [0.15, 0.2) is 0 Å². The molecule has 5 heteroatoms. The van der Waals surface area contributed by atoms with Crippen LogP contribution in [0.5, 0.6) is 0 Å². The minimum atomic E-state index is -1.32. The average molecular weight is 313 g/mol. The zero-order valence-electron chi connectivity index (χ0n) is 12.5.